The van der Waals surface area contributed by atoms with E-state index in [0.29, 0.717) is 24.5 Å². The molecule has 1 saturated heterocycles. The van der Waals surface area contributed by atoms with Crippen LogP contribution in [0.4, 0.5) is 0 Å². The summed E-state index contributed by atoms with van der Waals surface area (Å²) in [6.07, 6.45) is 11.9. The van der Waals surface area contributed by atoms with Crippen LogP contribution in [0.5, 0.6) is 5.75 Å². The molecule has 0 N–H and O–H groups in total. The van der Waals surface area contributed by atoms with Crippen molar-refractivity contribution in [2.75, 3.05) is 13.2 Å². The molecule has 1 aliphatic carbocycles. The van der Waals surface area contributed by atoms with Crippen molar-refractivity contribution in [2.24, 2.45) is 0 Å². The molecule has 178 valence electrons. The van der Waals surface area contributed by atoms with Crippen LogP contribution in [-0.4, -0.2) is 38.8 Å². The van der Waals surface area contributed by atoms with E-state index in [1.54, 1.807) is 12.5 Å². The van der Waals surface area contributed by atoms with Gasteiger partial charge < -0.3 is 14.0 Å². The molecule has 0 unspecified atom stereocenters. The third-order valence-electron chi connectivity index (χ3n) is 6.70. The number of fused-ring (bicyclic) bond motifs is 1. The van der Waals surface area contributed by atoms with E-state index in [2.05, 4.69) is 55.9 Å². The second kappa shape index (κ2) is 9.76. The number of benzene rings is 2. The number of hydrogen-bond acceptors (Lipinski definition) is 6. The Labute approximate surface area is 209 Å². The quantitative estimate of drug-likeness (QED) is 0.394. The zero-order valence-corrected chi connectivity index (χ0v) is 19.8. The number of nitrogens with zero attached hydrogens (tertiary/aromatic N) is 5. The molecule has 6 rings (SSSR count). The minimum absolute atomic E-state index is 0.0787. The normalized spacial score (nSPS) is 15.2. The van der Waals surface area contributed by atoms with Gasteiger partial charge in [-0.05, 0) is 47.0 Å². The number of nitriles is 1. The summed E-state index contributed by atoms with van der Waals surface area (Å²) in [5.74, 6) is 0.616. The molecule has 36 heavy (non-hydrogen) atoms. The van der Waals surface area contributed by atoms with Crippen LogP contribution >= 0.6 is 0 Å². The van der Waals surface area contributed by atoms with E-state index in [9.17, 15) is 5.26 Å². The molecule has 7 heteroatoms. The highest BCUT2D eigenvalue weighted by atomic mass is 16.5. The monoisotopic (exact) mass is 475 g/mol. The van der Waals surface area contributed by atoms with Gasteiger partial charge >= 0.3 is 0 Å². The molecule has 0 spiro atoms. The molecule has 0 radical (unpaired) electrons. The van der Waals surface area contributed by atoms with Gasteiger partial charge in [0.1, 0.15) is 24.3 Å². The molecule has 3 heterocycles. The lowest BCUT2D eigenvalue weighted by atomic mass is 10.0. The van der Waals surface area contributed by atoms with Gasteiger partial charge in [0.05, 0.1) is 36.5 Å². The van der Waals surface area contributed by atoms with Crippen LogP contribution in [0.25, 0.3) is 22.9 Å². The summed E-state index contributed by atoms with van der Waals surface area (Å²) >= 11 is 0. The van der Waals surface area contributed by atoms with Gasteiger partial charge in [0.2, 0.25) is 0 Å². The highest BCUT2D eigenvalue weighted by Gasteiger charge is 2.22. The highest BCUT2D eigenvalue weighted by Crippen LogP contribution is 2.37. The van der Waals surface area contributed by atoms with Gasteiger partial charge in [-0.15, -0.1) is 0 Å². The third-order valence-corrected chi connectivity index (χ3v) is 6.70. The second-order valence-electron chi connectivity index (χ2n) is 9.12. The number of hydrogen-bond donors (Lipinski definition) is 0. The first-order chi connectivity index (χ1) is 17.8. The van der Waals surface area contributed by atoms with E-state index in [1.807, 2.05) is 30.7 Å². The summed E-state index contributed by atoms with van der Waals surface area (Å²) in [6.45, 7) is 2.16. The maximum Gasteiger partial charge on any atom is 0.137 e. The first-order valence-corrected chi connectivity index (χ1v) is 12.2. The van der Waals surface area contributed by atoms with Crippen molar-refractivity contribution in [3.05, 3.63) is 95.5 Å². The maximum atomic E-state index is 9.82. The van der Waals surface area contributed by atoms with Crippen LogP contribution in [0.15, 0.2) is 67.5 Å². The van der Waals surface area contributed by atoms with Gasteiger partial charge in [-0.2, -0.15) is 5.26 Å². The lowest BCUT2D eigenvalue weighted by Crippen LogP contribution is -2.26. The second-order valence-corrected chi connectivity index (χ2v) is 9.12. The van der Waals surface area contributed by atoms with Crippen LogP contribution in [-0.2, 0) is 17.7 Å². The van der Waals surface area contributed by atoms with Crippen molar-refractivity contribution in [3.8, 4) is 23.1 Å². The Bertz CT molecular complexity index is 1460. The first kappa shape index (κ1) is 22.2. The van der Waals surface area contributed by atoms with Crippen molar-refractivity contribution < 1.29 is 9.47 Å². The summed E-state index contributed by atoms with van der Waals surface area (Å²) in [6, 6.07) is 16.6. The number of ether oxygens (including phenoxy) is 2. The molecule has 0 bridgehead atoms. The van der Waals surface area contributed by atoms with E-state index in [4.69, 9.17) is 9.47 Å². The van der Waals surface area contributed by atoms with E-state index >= 15 is 0 Å². The first-order valence-electron chi connectivity index (χ1n) is 12.2. The number of aromatic nitrogens is 4. The molecule has 7 nitrogen and oxygen atoms in total. The zero-order valence-electron chi connectivity index (χ0n) is 19.8. The van der Waals surface area contributed by atoms with Crippen LogP contribution in [0.3, 0.4) is 0 Å². The van der Waals surface area contributed by atoms with Crippen molar-refractivity contribution in [3.63, 3.8) is 0 Å². The van der Waals surface area contributed by atoms with E-state index in [-0.39, 0.29) is 6.10 Å². The molecule has 4 aromatic rings. The average Bonchev–Trinajstić information content (AvgIpc) is 3.60. The molecule has 1 fully saturated rings. The Morgan fingerprint density at radius 1 is 1.08 bits per heavy atom. The Morgan fingerprint density at radius 3 is 2.83 bits per heavy atom. The molecule has 0 saturated carbocycles. The maximum absolute atomic E-state index is 9.82. The molecular weight excluding hydrogens is 450 g/mol. The predicted octanol–water partition coefficient (Wildman–Crippen LogP) is 4.91. The zero-order chi connectivity index (χ0) is 24.3. The SMILES string of the molecule is N#Cc1cc(-c2ncnc3c2C=C(c2cccc(Cn4ccnc4)c2)C3)ccc1OC1CCOCC1. The predicted molar refractivity (Wildman–Crippen MR) is 136 cm³/mol. The fraction of sp³-hybridized carbons (Fsp3) is 0.241. The molecule has 0 amide bonds. The Kier molecular flexibility index (Phi) is 6.02. The van der Waals surface area contributed by atoms with Crippen LogP contribution in [0, 0.1) is 11.3 Å². The van der Waals surface area contributed by atoms with E-state index < -0.39 is 0 Å². The molecule has 0 atom stereocenters. The van der Waals surface area contributed by atoms with E-state index in [0.717, 1.165) is 48.3 Å². The van der Waals surface area contributed by atoms with Crippen molar-refractivity contribution >= 4 is 11.6 Å². The summed E-state index contributed by atoms with van der Waals surface area (Å²) in [5.41, 5.74) is 7.84. The third kappa shape index (κ3) is 4.51. The van der Waals surface area contributed by atoms with Gasteiger partial charge in [0.15, 0.2) is 0 Å². The average molecular weight is 476 g/mol. The van der Waals surface area contributed by atoms with E-state index in [1.165, 1.54) is 16.7 Å². The number of imidazole rings is 1. The summed E-state index contributed by atoms with van der Waals surface area (Å²) in [4.78, 5) is 13.3. The topological polar surface area (TPSA) is 85.9 Å². The molecule has 2 aromatic carbocycles. The number of rotatable bonds is 6. The summed E-state index contributed by atoms with van der Waals surface area (Å²) in [7, 11) is 0. The molecule has 2 aliphatic rings. The minimum Gasteiger partial charge on any atom is -0.489 e. The van der Waals surface area contributed by atoms with Gasteiger partial charge in [-0.25, -0.2) is 15.0 Å². The van der Waals surface area contributed by atoms with Gasteiger partial charge in [0, 0.05) is 49.3 Å². The highest BCUT2D eigenvalue weighted by molar-refractivity contribution is 5.92. The number of allylic oxidation sites excluding steroid dienone is 1. The summed E-state index contributed by atoms with van der Waals surface area (Å²) in [5, 5.41) is 9.82. The minimum atomic E-state index is 0.0787. The fourth-order valence-electron chi connectivity index (χ4n) is 4.85. The molecule has 2 aromatic heterocycles. The van der Waals surface area contributed by atoms with Crippen LogP contribution in [0.2, 0.25) is 0 Å². The van der Waals surface area contributed by atoms with Crippen LogP contribution in [0.1, 0.15) is 40.8 Å². The van der Waals surface area contributed by atoms with Gasteiger partial charge in [-0.1, -0.05) is 18.2 Å². The Balaban J connectivity index is 1.29. The van der Waals surface area contributed by atoms with Crippen molar-refractivity contribution in [1.29, 1.82) is 5.26 Å². The smallest absolute Gasteiger partial charge is 0.137 e. The summed E-state index contributed by atoms with van der Waals surface area (Å²) < 4.78 is 13.6. The van der Waals surface area contributed by atoms with Gasteiger partial charge in [-0.3, -0.25) is 0 Å². The lowest BCUT2D eigenvalue weighted by Gasteiger charge is -2.23. The molecular formula is C29H25N5O2. The van der Waals surface area contributed by atoms with Crippen molar-refractivity contribution in [2.45, 2.75) is 31.9 Å². The standard InChI is InChI=1S/C29H25N5O2/c30-16-24-13-22(4-5-28(24)36-25-6-10-35-11-7-25)29-26-14-23(15-27(26)32-18-33-29)21-3-1-2-20(12-21)17-34-9-8-31-19-34/h1-5,8-9,12-14,18-19,25H,6-7,10-11,15,17H2. The van der Waals surface area contributed by atoms with Crippen molar-refractivity contribution in [1.82, 2.24) is 19.5 Å². The van der Waals surface area contributed by atoms with Crippen LogP contribution < -0.4 is 4.74 Å². The Hall–Kier alpha value is -4.28. The lowest BCUT2D eigenvalue weighted by molar-refractivity contribution is 0.0254. The van der Waals surface area contributed by atoms with Gasteiger partial charge in [0.25, 0.3) is 0 Å². The Morgan fingerprint density at radius 2 is 2.00 bits per heavy atom. The fourth-order valence-corrected chi connectivity index (χ4v) is 4.85. The largest absolute Gasteiger partial charge is 0.489 e. The molecule has 1 aliphatic heterocycles.